The van der Waals surface area contributed by atoms with Crippen molar-refractivity contribution in [1.82, 2.24) is 0 Å². The van der Waals surface area contributed by atoms with Gasteiger partial charge in [0.25, 0.3) is 0 Å². The fraction of sp³-hybridized carbons (Fsp3) is 0.955. The molecule has 0 spiro atoms. The SMILES string of the molecule is CCCCCCCCCCCCCCCCCCC(=O)O[C@H](COC(=O)CCCCCCCCCCCCCC)COP(=O)(O)OC[C@H](O)COP(=O)(O)OC[C@@H](COC(=O)CCCCCCCCCCCCCCCCC(C)CC)OC(=O)CCCCCCCCCCCCCCCCCCCCC(C)C. The van der Waals surface area contributed by atoms with E-state index in [4.69, 9.17) is 37.0 Å². The average Bonchev–Trinajstić information content (AvgIpc) is 0.907. The highest BCUT2D eigenvalue weighted by Gasteiger charge is 2.31. The van der Waals surface area contributed by atoms with Crippen molar-refractivity contribution < 1.29 is 80.2 Å². The monoisotopic (exact) mass is 1560 g/mol. The van der Waals surface area contributed by atoms with Crippen LogP contribution in [0.5, 0.6) is 0 Å². The summed E-state index contributed by atoms with van der Waals surface area (Å²) in [5.74, 6) is -0.426. The number of hydrogen-bond acceptors (Lipinski definition) is 15. The third-order valence-electron chi connectivity index (χ3n) is 21.1. The molecule has 0 saturated heterocycles. The molecule has 3 unspecified atom stereocenters. The number of phosphoric ester groups is 2. The molecule has 6 atom stereocenters. The molecule has 0 aromatic carbocycles. The third-order valence-corrected chi connectivity index (χ3v) is 23.0. The van der Waals surface area contributed by atoms with E-state index in [1.165, 1.54) is 289 Å². The predicted molar refractivity (Wildman–Crippen MR) is 442 cm³/mol. The molecule has 0 aromatic rings. The fourth-order valence-electron chi connectivity index (χ4n) is 13.7. The van der Waals surface area contributed by atoms with E-state index in [-0.39, 0.29) is 25.7 Å². The van der Waals surface area contributed by atoms with Gasteiger partial charge in [0.1, 0.15) is 19.3 Å². The summed E-state index contributed by atoms with van der Waals surface area (Å²) in [4.78, 5) is 73.3. The van der Waals surface area contributed by atoms with Crippen LogP contribution in [-0.2, 0) is 65.4 Å². The van der Waals surface area contributed by atoms with Crippen LogP contribution >= 0.6 is 15.6 Å². The summed E-state index contributed by atoms with van der Waals surface area (Å²) in [5, 5.41) is 10.7. The summed E-state index contributed by atoms with van der Waals surface area (Å²) in [6.07, 6.45) is 72.0. The quantitative estimate of drug-likeness (QED) is 0.0222. The number of aliphatic hydroxyl groups excluding tert-OH is 1. The zero-order valence-corrected chi connectivity index (χ0v) is 72.2. The molecule has 0 aliphatic heterocycles. The molecule has 0 aliphatic rings. The summed E-state index contributed by atoms with van der Waals surface area (Å²) in [6.45, 7) is 9.78. The third kappa shape index (κ3) is 80.5. The Kier molecular flexibility index (Phi) is 77.9. The Bertz CT molecular complexity index is 2050. The molecule has 17 nitrogen and oxygen atoms in total. The van der Waals surface area contributed by atoms with Gasteiger partial charge in [0.15, 0.2) is 12.2 Å². The topological polar surface area (TPSA) is 237 Å². The highest BCUT2D eigenvalue weighted by atomic mass is 31.2. The van der Waals surface area contributed by atoms with Crippen LogP contribution in [0.1, 0.15) is 472 Å². The molecule has 0 fully saturated rings. The normalized spacial score (nSPS) is 14.0. The second kappa shape index (κ2) is 79.3. The van der Waals surface area contributed by atoms with Crippen LogP contribution in [0.4, 0.5) is 0 Å². The zero-order valence-electron chi connectivity index (χ0n) is 70.5. The van der Waals surface area contributed by atoms with Crippen molar-refractivity contribution in [2.24, 2.45) is 11.8 Å². The van der Waals surface area contributed by atoms with E-state index >= 15 is 0 Å². The van der Waals surface area contributed by atoms with Crippen LogP contribution in [0, 0.1) is 11.8 Å². The second-order valence-electron chi connectivity index (χ2n) is 32.4. The molecule has 0 aromatic heterocycles. The Morgan fingerprint density at radius 3 is 0.710 bits per heavy atom. The maximum absolute atomic E-state index is 13.2. The molecule has 0 aliphatic carbocycles. The predicted octanol–water partition coefficient (Wildman–Crippen LogP) is 27.0. The molecule has 0 heterocycles. The van der Waals surface area contributed by atoms with Gasteiger partial charge in [-0.1, -0.05) is 420 Å². The van der Waals surface area contributed by atoms with E-state index in [0.717, 1.165) is 102 Å². The second-order valence-corrected chi connectivity index (χ2v) is 35.3. The zero-order chi connectivity index (χ0) is 78.5. The molecular formula is C88H172O17P2. The minimum absolute atomic E-state index is 0.109. The number of rotatable bonds is 87. The van der Waals surface area contributed by atoms with Crippen molar-refractivity contribution in [2.75, 3.05) is 39.6 Å². The van der Waals surface area contributed by atoms with E-state index in [9.17, 15) is 43.2 Å². The minimum Gasteiger partial charge on any atom is -0.462 e. The molecule has 0 saturated carbocycles. The molecule has 636 valence electrons. The smallest absolute Gasteiger partial charge is 0.462 e. The number of carbonyl (C=O) groups excluding carboxylic acids is 4. The largest absolute Gasteiger partial charge is 0.472 e. The number of aliphatic hydroxyl groups is 1. The van der Waals surface area contributed by atoms with E-state index in [1.807, 2.05) is 0 Å². The first-order valence-electron chi connectivity index (χ1n) is 45.5. The maximum Gasteiger partial charge on any atom is 0.472 e. The highest BCUT2D eigenvalue weighted by molar-refractivity contribution is 7.47. The van der Waals surface area contributed by atoms with E-state index in [2.05, 4.69) is 41.5 Å². The number of carbonyl (C=O) groups is 4. The van der Waals surface area contributed by atoms with Crippen molar-refractivity contribution in [1.29, 1.82) is 0 Å². The van der Waals surface area contributed by atoms with Crippen molar-refractivity contribution in [3.63, 3.8) is 0 Å². The van der Waals surface area contributed by atoms with Gasteiger partial charge in [-0.25, -0.2) is 9.13 Å². The molecule has 0 amide bonds. The van der Waals surface area contributed by atoms with Crippen molar-refractivity contribution in [3.8, 4) is 0 Å². The molecular weight excluding hydrogens is 1390 g/mol. The van der Waals surface area contributed by atoms with Gasteiger partial charge in [-0.15, -0.1) is 0 Å². The van der Waals surface area contributed by atoms with Crippen molar-refractivity contribution >= 4 is 39.5 Å². The van der Waals surface area contributed by atoms with E-state index in [0.29, 0.717) is 25.7 Å². The number of ether oxygens (including phenoxy) is 4. The van der Waals surface area contributed by atoms with E-state index < -0.39 is 97.5 Å². The minimum atomic E-state index is -4.97. The van der Waals surface area contributed by atoms with Gasteiger partial charge in [-0.2, -0.15) is 0 Å². The van der Waals surface area contributed by atoms with Crippen LogP contribution in [0.25, 0.3) is 0 Å². The number of unbranched alkanes of at least 4 members (excludes halogenated alkanes) is 56. The molecule has 19 heteroatoms. The lowest BCUT2D eigenvalue weighted by Crippen LogP contribution is -2.30. The summed E-state index contributed by atoms with van der Waals surface area (Å²) >= 11 is 0. The van der Waals surface area contributed by atoms with Crippen LogP contribution in [0.15, 0.2) is 0 Å². The summed E-state index contributed by atoms with van der Waals surface area (Å²) in [7, 11) is -9.93. The summed E-state index contributed by atoms with van der Waals surface area (Å²) < 4.78 is 69.0. The first kappa shape index (κ1) is 105. The number of hydrogen-bond donors (Lipinski definition) is 3. The van der Waals surface area contributed by atoms with Crippen LogP contribution in [-0.4, -0.2) is 96.7 Å². The van der Waals surface area contributed by atoms with Crippen LogP contribution in [0.2, 0.25) is 0 Å². The Hall–Kier alpha value is -1.94. The van der Waals surface area contributed by atoms with Gasteiger partial charge < -0.3 is 33.8 Å². The van der Waals surface area contributed by atoms with Gasteiger partial charge in [-0.3, -0.25) is 37.3 Å². The standard InChI is InChI=1S/C88H172O17P2/c1-7-10-12-14-16-18-20-22-23-29-36-42-48-54-60-66-72-87(92)104-83(76-98-85(90)70-64-58-52-46-40-21-19-17-15-13-11-8-2)78-102-106(94,95)100-74-82(89)75-101-107(96,97)103-79-84(77-99-86(91)71-65-59-53-47-41-35-32-31-34-39-45-51-57-63-69-81(6)9-3)105-88(93)73-67-61-55-49-43-37-30-27-25-24-26-28-33-38-44-50-56-62-68-80(4)5/h80-84,89H,7-79H2,1-6H3,(H,94,95)(H,96,97)/t81?,82-,83+,84+/m0/s1. The first-order chi connectivity index (χ1) is 51.9. The van der Waals surface area contributed by atoms with Gasteiger partial charge in [0.05, 0.1) is 26.4 Å². The lowest BCUT2D eigenvalue weighted by atomic mass is 9.99. The highest BCUT2D eigenvalue weighted by Crippen LogP contribution is 2.45. The van der Waals surface area contributed by atoms with E-state index in [1.54, 1.807) is 0 Å². The Morgan fingerprint density at radius 2 is 0.477 bits per heavy atom. The van der Waals surface area contributed by atoms with Crippen LogP contribution in [0.3, 0.4) is 0 Å². The summed E-state index contributed by atoms with van der Waals surface area (Å²) in [5.41, 5.74) is 0. The fourth-order valence-corrected chi connectivity index (χ4v) is 15.3. The first-order valence-corrected chi connectivity index (χ1v) is 48.5. The van der Waals surface area contributed by atoms with Crippen molar-refractivity contribution in [2.45, 2.75) is 490 Å². The Labute approximate surface area is 658 Å². The lowest BCUT2D eigenvalue weighted by Gasteiger charge is -2.21. The molecule has 3 N–H and O–H groups in total. The summed E-state index contributed by atoms with van der Waals surface area (Å²) in [6, 6.07) is 0. The average molecular weight is 1560 g/mol. The Morgan fingerprint density at radius 1 is 0.271 bits per heavy atom. The molecule has 0 radical (unpaired) electrons. The molecule has 0 bridgehead atoms. The van der Waals surface area contributed by atoms with Gasteiger partial charge in [0.2, 0.25) is 0 Å². The number of phosphoric acid groups is 2. The maximum atomic E-state index is 13.2. The van der Waals surface area contributed by atoms with Crippen LogP contribution < -0.4 is 0 Å². The van der Waals surface area contributed by atoms with Gasteiger partial charge >= 0.3 is 39.5 Å². The molecule has 0 rings (SSSR count). The van der Waals surface area contributed by atoms with Gasteiger partial charge in [-0.05, 0) is 37.5 Å². The van der Waals surface area contributed by atoms with Gasteiger partial charge in [0, 0.05) is 25.7 Å². The molecule has 107 heavy (non-hydrogen) atoms. The Balaban J connectivity index is 5.25. The lowest BCUT2D eigenvalue weighted by molar-refractivity contribution is -0.161. The van der Waals surface area contributed by atoms with Crippen molar-refractivity contribution in [3.05, 3.63) is 0 Å². The number of esters is 4.